The molecule has 30 heavy (non-hydrogen) atoms. The monoisotopic (exact) mass is 422 g/mol. The third-order valence-corrected chi connectivity index (χ3v) is 5.81. The number of hydrogen-bond donors (Lipinski definition) is 2. The van der Waals surface area contributed by atoms with Gasteiger partial charge in [-0.05, 0) is 29.5 Å². The molecule has 4 aromatic rings. The lowest BCUT2D eigenvalue weighted by Crippen LogP contribution is -2.47. The normalized spacial score (nSPS) is 12.3. The largest absolute Gasteiger partial charge is 0.495 e. The first-order valence-corrected chi connectivity index (χ1v) is 10.5. The Kier molecular flexibility index (Phi) is 5.46. The van der Waals surface area contributed by atoms with Crippen LogP contribution < -0.4 is 15.4 Å². The predicted molar refractivity (Wildman–Crippen MR) is 119 cm³/mol. The number of amides is 2. The minimum atomic E-state index is -0.698. The number of nitrogens with one attached hydrogen (secondary N) is 2. The summed E-state index contributed by atoms with van der Waals surface area (Å²) in [4.78, 5) is 26.0. The first-order chi connectivity index (χ1) is 14.5. The average molecular weight is 423 g/mol. The van der Waals surface area contributed by atoms with Crippen LogP contribution in [0.3, 0.4) is 0 Å². The second-order valence-corrected chi connectivity index (χ2v) is 8.26. The van der Waals surface area contributed by atoms with Crippen LogP contribution in [0, 0.1) is 5.92 Å². The van der Waals surface area contributed by atoms with Gasteiger partial charge in [0, 0.05) is 16.8 Å². The van der Waals surface area contributed by atoms with Crippen molar-refractivity contribution in [1.29, 1.82) is 0 Å². The molecule has 2 N–H and O–H groups in total. The Morgan fingerprint density at radius 2 is 1.83 bits per heavy atom. The van der Waals surface area contributed by atoms with Crippen molar-refractivity contribution in [3.63, 3.8) is 0 Å². The fourth-order valence-electron chi connectivity index (χ4n) is 3.38. The third kappa shape index (κ3) is 3.76. The number of fused-ring (bicyclic) bond motifs is 3. The summed E-state index contributed by atoms with van der Waals surface area (Å²) in [6.07, 6.45) is 0. The van der Waals surface area contributed by atoms with Gasteiger partial charge < -0.3 is 19.8 Å². The van der Waals surface area contributed by atoms with Crippen molar-refractivity contribution >= 4 is 50.8 Å². The molecule has 0 saturated carbocycles. The molecule has 0 spiro atoms. The molecule has 2 aromatic heterocycles. The summed E-state index contributed by atoms with van der Waals surface area (Å²) in [5, 5.41) is 9.44. The highest BCUT2D eigenvalue weighted by atomic mass is 32.1. The second-order valence-electron chi connectivity index (χ2n) is 7.31. The number of hydrogen-bond acceptors (Lipinski definition) is 5. The van der Waals surface area contributed by atoms with E-state index < -0.39 is 6.04 Å². The number of anilines is 1. The Hall–Kier alpha value is -3.32. The Morgan fingerprint density at radius 3 is 2.53 bits per heavy atom. The van der Waals surface area contributed by atoms with Gasteiger partial charge in [-0.2, -0.15) is 0 Å². The summed E-state index contributed by atoms with van der Waals surface area (Å²) in [5.41, 5.74) is 1.90. The van der Waals surface area contributed by atoms with E-state index >= 15 is 0 Å². The van der Waals surface area contributed by atoms with Gasteiger partial charge in [-0.15, -0.1) is 11.3 Å². The third-order valence-electron chi connectivity index (χ3n) is 4.94. The van der Waals surface area contributed by atoms with E-state index in [1.807, 2.05) is 49.6 Å². The van der Waals surface area contributed by atoms with E-state index in [-0.39, 0.29) is 17.7 Å². The van der Waals surface area contributed by atoms with Crippen LogP contribution in [0.25, 0.3) is 21.9 Å². The minimum absolute atomic E-state index is 0.102. The summed E-state index contributed by atoms with van der Waals surface area (Å²) < 4.78 is 11.4. The summed E-state index contributed by atoms with van der Waals surface area (Å²) in [6, 6.07) is 14.2. The minimum Gasteiger partial charge on any atom is -0.495 e. The Balaban J connectivity index is 1.63. The van der Waals surface area contributed by atoms with Crippen molar-refractivity contribution in [1.82, 2.24) is 5.32 Å². The standard InChI is InChI=1S/C23H22N2O4S/c1-13(2)21(25-22(26)20-9-6-10-30-20)23(27)24-16-12-18-15(11-19(16)28-3)14-7-4-5-8-17(14)29-18/h4-13,21H,1-3H3,(H,24,27)(H,25,26). The Labute approximate surface area is 177 Å². The smallest absolute Gasteiger partial charge is 0.262 e. The molecule has 0 fully saturated rings. The maximum absolute atomic E-state index is 13.0. The van der Waals surface area contributed by atoms with Crippen LogP contribution in [0.1, 0.15) is 23.5 Å². The van der Waals surface area contributed by atoms with Crippen molar-refractivity contribution in [3.05, 3.63) is 58.8 Å². The number of furan rings is 1. The van der Waals surface area contributed by atoms with Gasteiger partial charge in [-0.3, -0.25) is 9.59 Å². The van der Waals surface area contributed by atoms with Crippen LogP contribution in [-0.4, -0.2) is 25.0 Å². The molecule has 2 amide bonds. The predicted octanol–water partition coefficient (Wildman–Crippen LogP) is 5.05. The second kappa shape index (κ2) is 8.20. The zero-order valence-corrected chi connectivity index (χ0v) is 17.7. The van der Waals surface area contributed by atoms with E-state index in [2.05, 4.69) is 10.6 Å². The molecule has 2 aromatic carbocycles. The van der Waals surface area contributed by atoms with Gasteiger partial charge in [0.2, 0.25) is 5.91 Å². The quantitative estimate of drug-likeness (QED) is 0.456. The maximum atomic E-state index is 13.0. The van der Waals surface area contributed by atoms with Gasteiger partial charge in [-0.25, -0.2) is 0 Å². The van der Waals surface area contributed by atoms with Gasteiger partial charge in [0.25, 0.3) is 5.91 Å². The number of methoxy groups -OCH3 is 1. The molecule has 0 aliphatic heterocycles. The van der Waals surface area contributed by atoms with Crippen LogP contribution in [0.4, 0.5) is 5.69 Å². The molecular weight excluding hydrogens is 400 g/mol. The van der Waals surface area contributed by atoms with E-state index in [0.717, 1.165) is 16.4 Å². The van der Waals surface area contributed by atoms with E-state index in [0.29, 0.717) is 21.9 Å². The van der Waals surface area contributed by atoms with Gasteiger partial charge in [0.1, 0.15) is 23.0 Å². The van der Waals surface area contributed by atoms with Crippen molar-refractivity contribution in [3.8, 4) is 5.75 Å². The zero-order valence-electron chi connectivity index (χ0n) is 16.9. The molecular formula is C23H22N2O4S. The van der Waals surface area contributed by atoms with Crippen LogP contribution in [0.15, 0.2) is 58.3 Å². The molecule has 0 aliphatic carbocycles. The number of ether oxygens (including phenoxy) is 1. The fourth-order valence-corrected chi connectivity index (χ4v) is 4.01. The van der Waals surface area contributed by atoms with Crippen LogP contribution in [0.5, 0.6) is 5.75 Å². The van der Waals surface area contributed by atoms with Crippen molar-refractivity contribution in [2.24, 2.45) is 5.92 Å². The number of carbonyl (C=O) groups is 2. The molecule has 1 atom stereocenters. The molecule has 1 unspecified atom stereocenters. The number of benzene rings is 2. The molecule has 154 valence electrons. The van der Waals surface area contributed by atoms with Gasteiger partial charge >= 0.3 is 0 Å². The summed E-state index contributed by atoms with van der Waals surface area (Å²) >= 11 is 1.33. The molecule has 0 radical (unpaired) electrons. The lowest BCUT2D eigenvalue weighted by Gasteiger charge is -2.22. The zero-order chi connectivity index (χ0) is 21.3. The number of rotatable bonds is 6. The van der Waals surface area contributed by atoms with Gasteiger partial charge in [0.05, 0.1) is 17.7 Å². The molecule has 6 nitrogen and oxygen atoms in total. The van der Waals surface area contributed by atoms with Crippen LogP contribution >= 0.6 is 11.3 Å². The molecule has 0 aliphatic rings. The van der Waals surface area contributed by atoms with Crippen LogP contribution in [-0.2, 0) is 4.79 Å². The number of para-hydroxylation sites is 1. The maximum Gasteiger partial charge on any atom is 0.262 e. The van der Waals surface area contributed by atoms with Crippen LogP contribution in [0.2, 0.25) is 0 Å². The van der Waals surface area contributed by atoms with Crippen molar-refractivity contribution < 1.29 is 18.7 Å². The topological polar surface area (TPSA) is 80.6 Å². The first-order valence-electron chi connectivity index (χ1n) is 9.62. The van der Waals surface area contributed by atoms with E-state index in [1.165, 1.54) is 11.3 Å². The lowest BCUT2D eigenvalue weighted by atomic mass is 10.0. The number of thiophene rings is 1. The fraction of sp³-hybridized carbons (Fsp3) is 0.217. The van der Waals surface area contributed by atoms with Gasteiger partial charge in [0.15, 0.2) is 0 Å². The molecule has 7 heteroatoms. The highest BCUT2D eigenvalue weighted by Crippen LogP contribution is 2.36. The summed E-state index contributed by atoms with van der Waals surface area (Å²) in [7, 11) is 1.55. The molecule has 2 heterocycles. The Morgan fingerprint density at radius 1 is 1.03 bits per heavy atom. The lowest BCUT2D eigenvalue weighted by molar-refractivity contribution is -0.118. The summed E-state index contributed by atoms with van der Waals surface area (Å²) in [5.74, 6) is -0.161. The van der Waals surface area contributed by atoms with Gasteiger partial charge in [-0.1, -0.05) is 38.1 Å². The number of carbonyl (C=O) groups excluding carboxylic acids is 2. The molecule has 0 bridgehead atoms. The highest BCUT2D eigenvalue weighted by Gasteiger charge is 2.26. The molecule has 4 rings (SSSR count). The van der Waals surface area contributed by atoms with E-state index in [9.17, 15) is 9.59 Å². The summed E-state index contributed by atoms with van der Waals surface area (Å²) in [6.45, 7) is 3.78. The van der Waals surface area contributed by atoms with E-state index in [1.54, 1.807) is 25.3 Å². The highest BCUT2D eigenvalue weighted by molar-refractivity contribution is 7.12. The Bertz CT molecular complexity index is 1210. The average Bonchev–Trinajstić information content (AvgIpc) is 3.38. The van der Waals surface area contributed by atoms with Crippen molar-refractivity contribution in [2.75, 3.05) is 12.4 Å². The first kappa shape index (κ1) is 20.0. The molecule has 0 saturated heterocycles. The van der Waals surface area contributed by atoms with Crippen molar-refractivity contribution in [2.45, 2.75) is 19.9 Å². The van der Waals surface area contributed by atoms with E-state index in [4.69, 9.17) is 9.15 Å². The SMILES string of the molecule is COc1cc2c(cc1NC(=O)C(NC(=O)c1cccs1)C(C)C)oc1ccccc12.